The molecule has 7 nitrogen and oxygen atoms in total. The number of sulfonamides is 1. The maximum absolute atomic E-state index is 13.8. The molecule has 0 aliphatic carbocycles. The van der Waals surface area contributed by atoms with Gasteiger partial charge in [0, 0.05) is 12.6 Å². The van der Waals surface area contributed by atoms with Gasteiger partial charge < -0.3 is 5.11 Å². The Labute approximate surface area is 130 Å². The minimum Gasteiger partial charge on any atom is -0.480 e. The lowest BCUT2D eigenvalue weighted by Gasteiger charge is -2.15. The molecule has 2 N–H and O–H groups in total. The summed E-state index contributed by atoms with van der Waals surface area (Å²) in [6.07, 6.45) is 1.04. The first-order chi connectivity index (χ1) is 10.6. The van der Waals surface area contributed by atoms with E-state index in [-0.39, 0.29) is 10.6 Å². The van der Waals surface area contributed by atoms with E-state index in [1.54, 1.807) is 0 Å². The number of aryl methyl sites for hydroxylation is 1. The van der Waals surface area contributed by atoms with E-state index in [0.717, 1.165) is 18.3 Å². The molecule has 0 bridgehead atoms. The van der Waals surface area contributed by atoms with Crippen molar-refractivity contribution in [2.45, 2.75) is 17.9 Å². The summed E-state index contributed by atoms with van der Waals surface area (Å²) in [5.41, 5.74) is -0.357. The van der Waals surface area contributed by atoms with Crippen molar-refractivity contribution in [3.8, 4) is 0 Å². The molecule has 0 saturated heterocycles. The number of carboxylic acid groups (broad SMARTS) is 1. The highest BCUT2D eigenvalue weighted by molar-refractivity contribution is 7.89. The topological polar surface area (TPSA) is 101 Å². The summed E-state index contributed by atoms with van der Waals surface area (Å²) in [6.45, 7) is 1.47. The van der Waals surface area contributed by atoms with Gasteiger partial charge >= 0.3 is 5.97 Å². The van der Waals surface area contributed by atoms with Crippen LogP contribution < -0.4 is 4.72 Å². The van der Waals surface area contributed by atoms with Crippen LogP contribution in [0.2, 0.25) is 0 Å². The minimum absolute atomic E-state index is 0.247. The summed E-state index contributed by atoms with van der Waals surface area (Å²) < 4.78 is 54.8. The number of aliphatic carboxylic acids is 1. The number of halogens is 2. The van der Waals surface area contributed by atoms with Gasteiger partial charge in [-0.3, -0.25) is 9.48 Å². The Hall–Kier alpha value is -2.33. The molecule has 0 saturated carbocycles. The molecule has 23 heavy (non-hydrogen) atoms. The fraction of sp³-hybridized carbons (Fsp3) is 0.231. The van der Waals surface area contributed by atoms with Crippen molar-refractivity contribution in [2.75, 3.05) is 0 Å². The van der Waals surface area contributed by atoms with Crippen molar-refractivity contribution in [3.05, 3.63) is 47.3 Å². The number of carboxylic acids is 1. The van der Waals surface area contributed by atoms with Crippen LogP contribution >= 0.6 is 0 Å². The van der Waals surface area contributed by atoms with Crippen LogP contribution in [0.4, 0.5) is 8.78 Å². The minimum atomic E-state index is -4.30. The molecule has 2 rings (SSSR count). The highest BCUT2D eigenvalue weighted by atomic mass is 32.2. The Morgan fingerprint density at radius 2 is 2.04 bits per heavy atom. The van der Waals surface area contributed by atoms with Gasteiger partial charge in [0.2, 0.25) is 10.0 Å². The molecule has 2 aromatic rings. The number of benzene rings is 1. The molecule has 0 amide bonds. The Bertz CT molecular complexity index is 864. The zero-order valence-electron chi connectivity index (χ0n) is 12.1. The van der Waals surface area contributed by atoms with E-state index >= 15 is 0 Å². The van der Waals surface area contributed by atoms with Crippen LogP contribution in [-0.4, -0.2) is 29.3 Å². The highest BCUT2D eigenvalue weighted by Crippen LogP contribution is 2.22. The van der Waals surface area contributed by atoms with Gasteiger partial charge in [-0.15, -0.1) is 0 Å². The van der Waals surface area contributed by atoms with Gasteiger partial charge in [0.15, 0.2) is 0 Å². The lowest BCUT2D eigenvalue weighted by atomic mass is 10.1. The molecule has 1 unspecified atom stereocenters. The predicted octanol–water partition coefficient (Wildman–Crippen LogP) is 1.11. The molecule has 124 valence electrons. The molecular formula is C13H13F2N3O4S. The van der Waals surface area contributed by atoms with Crippen LogP contribution in [0.3, 0.4) is 0 Å². The molecule has 0 aliphatic rings. The zero-order chi connectivity index (χ0) is 17.4. The first kappa shape index (κ1) is 17.0. The van der Waals surface area contributed by atoms with Gasteiger partial charge in [-0.1, -0.05) is 0 Å². The maximum atomic E-state index is 13.8. The second-order valence-electron chi connectivity index (χ2n) is 4.78. The van der Waals surface area contributed by atoms with E-state index in [1.165, 1.54) is 18.7 Å². The van der Waals surface area contributed by atoms with Gasteiger partial charge in [-0.25, -0.2) is 17.2 Å². The van der Waals surface area contributed by atoms with Crippen molar-refractivity contribution in [3.63, 3.8) is 0 Å². The summed E-state index contributed by atoms with van der Waals surface area (Å²) in [7, 11) is -2.79. The molecule has 1 heterocycles. The number of nitrogens with zero attached hydrogens (tertiary/aromatic N) is 2. The smallest absolute Gasteiger partial charge is 0.326 e. The van der Waals surface area contributed by atoms with Crippen LogP contribution in [0.5, 0.6) is 0 Å². The molecule has 1 aromatic carbocycles. The molecule has 0 aliphatic heterocycles. The maximum Gasteiger partial charge on any atom is 0.326 e. The lowest BCUT2D eigenvalue weighted by Crippen LogP contribution is -2.34. The quantitative estimate of drug-likeness (QED) is 0.845. The second-order valence-corrected chi connectivity index (χ2v) is 6.46. The molecule has 0 radical (unpaired) electrons. The van der Waals surface area contributed by atoms with E-state index in [2.05, 4.69) is 5.10 Å². The van der Waals surface area contributed by atoms with Crippen LogP contribution in [0.1, 0.15) is 17.3 Å². The Balaban J connectivity index is 2.46. The average Bonchev–Trinajstić information content (AvgIpc) is 2.80. The van der Waals surface area contributed by atoms with Crippen LogP contribution in [0.15, 0.2) is 29.3 Å². The van der Waals surface area contributed by atoms with Gasteiger partial charge in [-0.05, 0) is 25.1 Å². The average molecular weight is 345 g/mol. The molecule has 10 heteroatoms. The van der Waals surface area contributed by atoms with Crippen molar-refractivity contribution in [2.24, 2.45) is 7.05 Å². The first-order valence-corrected chi connectivity index (χ1v) is 7.80. The number of aromatic nitrogens is 2. The third-order valence-corrected chi connectivity index (χ3v) is 4.79. The summed E-state index contributed by atoms with van der Waals surface area (Å²) in [6, 6.07) is 0.185. The van der Waals surface area contributed by atoms with Crippen molar-refractivity contribution in [1.82, 2.24) is 14.5 Å². The molecule has 1 atom stereocenters. The van der Waals surface area contributed by atoms with E-state index < -0.39 is 39.2 Å². The monoisotopic (exact) mass is 345 g/mol. The number of carbonyl (C=O) groups is 1. The third kappa shape index (κ3) is 3.37. The molecule has 0 fully saturated rings. The number of rotatable bonds is 5. The third-order valence-electron chi connectivity index (χ3n) is 3.27. The largest absolute Gasteiger partial charge is 0.480 e. The van der Waals surface area contributed by atoms with E-state index in [0.29, 0.717) is 6.07 Å². The van der Waals surface area contributed by atoms with Crippen molar-refractivity contribution < 1.29 is 27.1 Å². The molecular weight excluding hydrogens is 332 g/mol. The van der Waals surface area contributed by atoms with Crippen LogP contribution in [-0.2, 0) is 21.9 Å². The van der Waals surface area contributed by atoms with Crippen molar-refractivity contribution >= 4 is 16.0 Å². The predicted molar refractivity (Wildman–Crippen MR) is 75.0 cm³/mol. The number of hydrogen-bond donors (Lipinski definition) is 2. The first-order valence-electron chi connectivity index (χ1n) is 6.32. The Morgan fingerprint density at radius 3 is 2.57 bits per heavy atom. The molecule has 0 spiro atoms. The summed E-state index contributed by atoms with van der Waals surface area (Å²) in [5.74, 6) is -3.59. The number of nitrogens with one attached hydrogen (secondary N) is 1. The zero-order valence-corrected chi connectivity index (χ0v) is 12.9. The number of hydrogen-bond acceptors (Lipinski definition) is 4. The van der Waals surface area contributed by atoms with Crippen molar-refractivity contribution in [1.29, 1.82) is 0 Å². The van der Waals surface area contributed by atoms with E-state index in [9.17, 15) is 27.1 Å². The SMILES string of the molecule is Cc1c(S(=O)(=O)NC(C(=O)O)c2cc(F)ccc2F)cnn1C. The van der Waals surface area contributed by atoms with E-state index in [4.69, 9.17) is 0 Å². The standard InChI is InChI=1S/C13H13F2N3O4S/c1-7-11(6-16-18(7)2)23(21,22)17-12(13(19)20)9-5-8(14)3-4-10(9)15/h3-6,12,17H,1-2H3,(H,19,20). The van der Waals surface area contributed by atoms with Gasteiger partial charge in [0.25, 0.3) is 0 Å². The summed E-state index contributed by atoms with van der Waals surface area (Å²) in [4.78, 5) is 11.1. The van der Waals surface area contributed by atoms with Gasteiger partial charge in [0.05, 0.1) is 11.9 Å². The molecule has 1 aromatic heterocycles. The fourth-order valence-corrected chi connectivity index (χ4v) is 3.32. The second kappa shape index (κ2) is 6.05. The highest BCUT2D eigenvalue weighted by Gasteiger charge is 2.31. The van der Waals surface area contributed by atoms with Crippen LogP contribution in [0.25, 0.3) is 0 Å². The Kier molecular flexibility index (Phi) is 4.48. The lowest BCUT2D eigenvalue weighted by molar-refractivity contribution is -0.139. The van der Waals surface area contributed by atoms with Crippen LogP contribution in [0, 0.1) is 18.6 Å². The summed E-state index contributed by atoms with van der Waals surface area (Å²) in [5, 5.41) is 12.9. The fourth-order valence-electron chi connectivity index (χ4n) is 1.94. The van der Waals surface area contributed by atoms with E-state index in [1.807, 2.05) is 4.72 Å². The normalized spacial score (nSPS) is 13.0. The van der Waals surface area contributed by atoms with Gasteiger partial charge in [0.1, 0.15) is 22.6 Å². The summed E-state index contributed by atoms with van der Waals surface area (Å²) >= 11 is 0. The van der Waals surface area contributed by atoms with Gasteiger partial charge in [-0.2, -0.15) is 9.82 Å². The Morgan fingerprint density at radius 1 is 1.39 bits per heavy atom.